The van der Waals surface area contributed by atoms with Crippen molar-refractivity contribution in [1.82, 2.24) is 5.43 Å². The van der Waals surface area contributed by atoms with Crippen LogP contribution in [0, 0.1) is 6.92 Å². The van der Waals surface area contributed by atoms with Gasteiger partial charge < -0.3 is 14.2 Å². The van der Waals surface area contributed by atoms with Crippen molar-refractivity contribution in [2.24, 2.45) is 5.10 Å². The molecule has 0 radical (unpaired) electrons. The second-order valence-electron chi connectivity index (χ2n) is 5.27. The van der Waals surface area contributed by atoms with E-state index >= 15 is 0 Å². The highest BCUT2D eigenvalue weighted by atomic mass is 35.5. The smallest absolute Gasteiger partial charge is 0.427 e. The molecule has 2 aromatic carbocycles. The van der Waals surface area contributed by atoms with E-state index in [2.05, 4.69) is 10.5 Å². The van der Waals surface area contributed by atoms with Gasteiger partial charge in [-0.1, -0.05) is 23.7 Å². The molecule has 1 amide bonds. The monoisotopic (exact) mass is 376 g/mol. The number of nitrogens with zero attached hydrogens (tertiary/aromatic N) is 1. The van der Waals surface area contributed by atoms with E-state index < -0.39 is 6.09 Å². The van der Waals surface area contributed by atoms with E-state index in [1.54, 1.807) is 13.0 Å². The molecule has 2 aromatic rings. The van der Waals surface area contributed by atoms with Gasteiger partial charge in [0.2, 0.25) is 0 Å². The molecule has 0 saturated heterocycles. The maximum Gasteiger partial charge on any atom is 0.427 e. The normalized spacial score (nSPS) is 10.6. The molecule has 0 bridgehead atoms. The van der Waals surface area contributed by atoms with Crippen LogP contribution in [0.4, 0.5) is 4.79 Å². The topological polar surface area (TPSA) is 69.2 Å². The van der Waals surface area contributed by atoms with Crippen LogP contribution in [0.15, 0.2) is 47.6 Å². The maximum absolute atomic E-state index is 11.1. The first-order chi connectivity index (χ1) is 12.6. The highest BCUT2D eigenvalue weighted by Crippen LogP contribution is 2.21. The van der Waals surface area contributed by atoms with Crippen molar-refractivity contribution in [1.29, 1.82) is 0 Å². The van der Waals surface area contributed by atoms with E-state index in [0.717, 1.165) is 16.9 Å². The maximum atomic E-state index is 11.1. The molecule has 0 aromatic heterocycles. The minimum absolute atomic E-state index is 0.294. The number of amides is 1. The summed E-state index contributed by atoms with van der Waals surface area (Å²) in [6.45, 7) is 4.74. The molecule has 1 N–H and O–H groups in total. The van der Waals surface area contributed by atoms with Crippen LogP contribution in [0.3, 0.4) is 0 Å². The SMILES string of the molecule is CCOC(=O)NN=Cc1cccc(OCCOc2ccc(Cl)c(C)c2)c1. The predicted octanol–water partition coefficient (Wildman–Crippen LogP) is 4.19. The van der Waals surface area contributed by atoms with Gasteiger partial charge in [0.15, 0.2) is 0 Å². The summed E-state index contributed by atoms with van der Waals surface area (Å²) in [5.74, 6) is 1.43. The Balaban J connectivity index is 1.78. The summed E-state index contributed by atoms with van der Waals surface area (Å²) >= 11 is 5.98. The van der Waals surface area contributed by atoms with E-state index in [1.807, 2.05) is 43.3 Å². The molecule has 6 nitrogen and oxygen atoms in total. The molecule has 2 rings (SSSR count). The largest absolute Gasteiger partial charge is 0.490 e. The highest BCUT2D eigenvalue weighted by molar-refractivity contribution is 6.31. The molecular formula is C19H21ClN2O4. The number of nitrogens with one attached hydrogen (secondary N) is 1. The van der Waals surface area contributed by atoms with E-state index in [-0.39, 0.29) is 0 Å². The first kappa shape index (κ1) is 19.6. The number of aryl methyl sites for hydroxylation is 1. The Morgan fingerprint density at radius 3 is 2.58 bits per heavy atom. The molecule has 0 heterocycles. The van der Waals surface area contributed by atoms with Gasteiger partial charge in [0.1, 0.15) is 24.7 Å². The number of hydrogen-bond acceptors (Lipinski definition) is 5. The summed E-state index contributed by atoms with van der Waals surface area (Å²) in [5, 5.41) is 4.52. The lowest BCUT2D eigenvalue weighted by Crippen LogP contribution is -2.18. The number of hydrogen-bond donors (Lipinski definition) is 1. The third-order valence-electron chi connectivity index (χ3n) is 3.25. The van der Waals surface area contributed by atoms with E-state index in [1.165, 1.54) is 6.21 Å². The Hall–Kier alpha value is -2.73. The fourth-order valence-electron chi connectivity index (χ4n) is 2.03. The van der Waals surface area contributed by atoms with Crippen molar-refractivity contribution in [2.45, 2.75) is 13.8 Å². The van der Waals surface area contributed by atoms with Crippen LogP contribution < -0.4 is 14.9 Å². The van der Waals surface area contributed by atoms with Crippen molar-refractivity contribution in [3.8, 4) is 11.5 Å². The van der Waals surface area contributed by atoms with Gasteiger partial charge in [-0.3, -0.25) is 0 Å². The summed E-state index contributed by atoms with van der Waals surface area (Å²) in [5.41, 5.74) is 4.02. The Bertz CT molecular complexity index is 765. The van der Waals surface area contributed by atoms with E-state index in [9.17, 15) is 4.79 Å². The van der Waals surface area contributed by atoms with Crippen LogP contribution in [0.2, 0.25) is 5.02 Å². The lowest BCUT2D eigenvalue weighted by molar-refractivity contribution is 0.152. The third kappa shape index (κ3) is 6.64. The molecule has 138 valence electrons. The zero-order chi connectivity index (χ0) is 18.8. The quantitative estimate of drug-likeness (QED) is 0.426. The van der Waals surface area contributed by atoms with Gasteiger partial charge >= 0.3 is 6.09 Å². The Morgan fingerprint density at radius 2 is 1.88 bits per heavy atom. The highest BCUT2D eigenvalue weighted by Gasteiger charge is 2.00. The molecule has 0 aliphatic rings. The minimum Gasteiger partial charge on any atom is -0.490 e. The Labute approximate surface area is 157 Å². The fourth-order valence-corrected chi connectivity index (χ4v) is 2.15. The number of carbonyl (C=O) groups is 1. The van der Waals surface area contributed by atoms with Crippen LogP contribution in [0.1, 0.15) is 18.1 Å². The lowest BCUT2D eigenvalue weighted by Gasteiger charge is -2.09. The Morgan fingerprint density at radius 1 is 1.15 bits per heavy atom. The van der Waals surface area contributed by atoms with Crippen molar-refractivity contribution in [3.05, 3.63) is 58.6 Å². The van der Waals surface area contributed by atoms with Gasteiger partial charge in [-0.05, 0) is 55.3 Å². The standard InChI is InChI=1S/C19H21ClN2O4/c1-3-24-19(23)22-21-13-15-5-4-6-16(12-15)25-9-10-26-17-7-8-18(20)14(2)11-17/h4-8,11-13H,3,9-10H2,1-2H3,(H,22,23). The zero-order valence-corrected chi connectivity index (χ0v) is 15.5. The Kier molecular flexibility index (Phi) is 7.76. The van der Waals surface area contributed by atoms with E-state index in [4.69, 9.17) is 25.8 Å². The lowest BCUT2D eigenvalue weighted by atomic mass is 10.2. The van der Waals surface area contributed by atoms with Gasteiger partial charge in [-0.25, -0.2) is 10.2 Å². The van der Waals surface area contributed by atoms with Gasteiger partial charge in [0.05, 0.1) is 12.8 Å². The fraction of sp³-hybridized carbons (Fsp3) is 0.263. The molecule has 0 atom stereocenters. The number of rotatable bonds is 8. The first-order valence-electron chi connectivity index (χ1n) is 8.16. The van der Waals surface area contributed by atoms with Crippen molar-refractivity contribution in [3.63, 3.8) is 0 Å². The molecular weight excluding hydrogens is 356 g/mol. The average molecular weight is 377 g/mol. The van der Waals surface area contributed by atoms with Crippen molar-refractivity contribution in [2.75, 3.05) is 19.8 Å². The summed E-state index contributed by atoms with van der Waals surface area (Å²) in [6.07, 6.45) is 0.919. The van der Waals surface area contributed by atoms with Crippen molar-refractivity contribution < 1.29 is 19.0 Å². The summed E-state index contributed by atoms with van der Waals surface area (Å²) in [6, 6.07) is 12.8. The third-order valence-corrected chi connectivity index (χ3v) is 3.68. The van der Waals surface area contributed by atoms with Gasteiger partial charge in [-0.2, -0.15) is 5.10 Å². The molecule has 0 unspecified atom stereocenters. The molecule has 0 spiro atoms. The van der Waals surface area contributed by atoms with Gasteiger partial charge in [-0.15, -0.1) is 0 Å². The molecule has 0 saturated carbocycles. The molecule has 7 heteroatoms. The van der Waals surface area contributed by atoms with Crippen LogP contribution >= 0.6 is 11.6 Å². The molecule has 0 fully saturated rings. The number of hydrazone groups is 1. The summed E-state index contributed by atoms with van der Waals surface area (Å²) in [4.78, 5) is 11.1. The summed E-state index contributed by atoms with van der Waals surface area (Å²) < 4.78 is 16.0. The molecule has 26 heavy (non-hydrogen) atoms. The zero-order valence-electron chi connectivity index (χ0n) is 14.7. The molecule has 0 aliphatic carbocycles. The first-order valence-corrected chi connectivity index (χ1v) is 8.54. The molecule has 0 aliphatic heterocycles. The summed E-state index contributed by atoms with van der Waals surface area (Å²) in [7, 11) is 0. The number of ether oxygens (including phenoxy) is 3. The van der Waals surface area contributed by atoms with Crippen LogP contribution in [-0.4, -0.2) is 32.1 Å². The van der Waals surface area contributed by atoms with Gasteiger partial charge in [0, 0.05) is 5.02 Å². The predicted molar refractivity (Wildman–Crippen MR) is 101 cm³/mol. The van der Waals surface area contributed by atoms with Crippen LogP contribution in [0.25, 0.3) is 0 Å². The van der Waals surface area contributed by atoms with Gasteiger partial charge in [0.25, 0.3) is 0 Å². The minimum atomic E-state index is -0.592. The second kappa shape index (κ2) is 10.3. The van der Waals surface area contributed by atoms with Crippen molar-refractivity contribution >= 4 is 23.9 Å². The average Bonchev–Trinajstić information content (AvgIpc) is 2.62. The number of carbonyl (C=O) groups excluding carboxylic acids is 1. The second-order valence-corrected chi connectivity index (χ2v) is 5.68. The number of benzene rings is 2. The van der Waals surface area contributed by atoms with Crippen LogP contribution in [0.5, 0.6) is 11.5 Å². The van der Waals surface area contributed by atoms with Crippen LogP contribution in [-0.2, 0) is 4.74 Å². The number of halogens is 1. The van der Waals surface area contributed by atoms with E-state index in [0.29, 0.717) is 30.6 Å².